The van der Waals surface area contributed by atoms with E-state index in [9.17, 15) is 13.6 Å². The number of pyridine rings is 1. The molecule has 3 rings (SSSR count). The van der Waals surface area contributed by atoms with Crippen molar-refractivity contribution in [3.8, 4) is 0 Å². The molecule has 1 amide bonds. The Morgan fingerprint density at radius 2 is 2.38 bits per heavy atom. The van der Waals surface area contributed by atoms with Gasteiger partial charge in [0.15, 0.2) is 11.6 Å². The molecule has 1 saturated heterocycles. The second kappa shape index (κ2) is 7.04. The fraction of sp³-hybridized carbons (Fsp3) is 0.438. The minimum Gasteiger partial charge on any atom is -0.360 e. The molecule has 2 aromatic heterocycles. The highest BCUT2D eigenvalue weighted by molar-refractivity contribution is 5.94. The average Bonchev–Trinajstić information content (AvgIpc) is 3.11. The van der Waals surface area contributed by atoms with E-state index in [2.05, 4.69) is 15.5 Å². The molecule has 24 heavy (non-hydrogen) atoms. The molecule has 0 aromatic carbocycles. The molecule has 0 spiro atoms. The summed E-state index contributed by atoms with van der Waals surface area (Å²) < 4.78 is 32.5. The fourth-order valence-corrected chi connectivity index (χ4v) is 2.88. The van der Waals surface area contributed by atoms with Crippen LogP contribution in [0.15, 0.2) is 29.0 Å². The van der Waals surface area contributed by atoms with E-state index in [4.69, 9.17) is 4.52 Å². The highest BCUT2D eigenvalue weighted by Crippen LogP contribution is 2.22. The standard InChI is InChI=1S/C16H18F2N4O2/c1-10-4-13(24-21-10)9-22-8-11(17)5-12(22)6-20-16(23)14-2-3-19-7-15(14)18/h2-4,7,11-12H,5-6,8-9H2,1H3,(H,20,23)/t11-,12-/m0/s1. The van der Waals surface area contributed by atoms with Crippen LogP contribution in [0.1, 0.15) is 28.2 Å². The molecule has 0 radical (unpaired) electrons. The van der Waals surface area contributed by atoms with Gasteiger partial charge in [-0.2, -0.15) is 0 Å². The lowest BCUT2D eigenvalue weighted by Crippen LogP contribution is -2.40. The van der Waals surface area contributed by atoms with Gasteiger partial charge in [-0.05, 0) is 19.4 Å². The van der Waals surface area contributed by atoms with Gasteiger partial charge in [-0.25, -0.2) is 8.78 Å². The number of nitrogens with zero attached hydrogens (tertiary/aromatic N) is 3. The number of amides is 1. The molecule has 1 fully saturated rings. The number of rotatable bonds is 5. The molecule has 2 aromatic rings. The van der Waals surface area contributed by atoms with E-state index in [1.54, 1.807) is 6.07 Å². The van der Waals surface area contributed by atoms with E-state index in [0.29, 0.717) is 18.7 Å². The third-order valence-corrected chi connectivity index (χ3v) is 4.03. The fourth-order valence-electron chi connectivity index (χ4n) is 2.88. The van der Waals surface area contributed by atoms with Gasteiger partial charge in [0.05, 0.1) is 24.0 Å². The van der Waals surface area contributed by atoms with E-state index in [1.165, 1.54) is 12.3 Å². The highest BCUT2D eigenvalue weighted by atomic mass is 19.1. The molecule has 8 heteroatoms. The largest absolute Gasteiger partial charge is 0.360 e. The quantitative estimate of drug-likeness (QED) is 0.902. The zero-order chi connectivity index (χ0) is 17.1. The summed E-state index contributed by atoms with van der Waals surface area (Å²) in [5.74, 6) is -0.565. The molecule has 1 aliphatic rings. The molecular weight excluding hydrogens is 318 g/mol. The lowest BCUT2D eigenvalue weighted by atomic mass is 10.2. The molecule has 1 N–H and O–H groups in total. The van der Waals surface area contributed by atoms with Crippen molar-refractivity contribution in [2.45, 2.75) is 32.1 Å². The Kier molecular flexibility index (Phi) is 4.84. The molecule has 1 aliphatic heterocycles. The number of halogens is 2. The number of likely N-dealkylation sites (tertiary alicyclic amines) is 1. The zero-order valence-electron chi connectivity index (χ0n) is 13.2. The molecule has 6 nitrogen and oxygen atoms in total. The SMILES string of the molecule is Cc1cc(CN2C[C@@H](F)C[C@H]2CNC(=O)c2ccncc2F)on1. The molecule has 0 aliphatic carbocycles. The summed E-state index contributed by atoms with van der Waals surface area (Å²) in [6, 6.07) is 2.93. The Morgan fingerprint density at radius 1 is 1.54 bits per heavy atom. The molecule has 0 bridgehead atoms. The van der Waals surface area contributed by atoms with Crippen LogP contribution in [-0.2, 0) is 6.54 Å². The van der Waals surface area contributed by atoms with Gasteiger partial charge in [0.1, 0.15) is 6.17 Å². The van der Waals surface area contributed by atoms with Gasteiger partial charge >= 0.3 is 0 Å². The summed E-state index contributed by atoms with van der Waals surface area (Å²) >= 11 is 0. The van der Waals surface area contributed by atoms with Crippen LogP contribution < -0.4 is 5.32 Å². The highest BCUT2D eigenvalue weighted by Gasteiger charge is 2.33. The number of aryl methyl sites for hydroxylation is 1. The van der Waals surface area contributed by atoms with E-state index < -0.39 is 17.9 Å². The normalized spacial score (nSPS) is 21.1. The molecular formula is C16H18F2N4O2. The topological polar surface area (TPSA) is 71.3 Å². The van der Waals surface area contributed by atoms with Gasteiger partial charge < -0.3 is 9.84 Å². The van der Waals surface area contributed by atoms with Crippen molar-refractivity contribution in [1.82, 2.24) is 20.4 Å². The molecule has 128 valence electrons. The van der Waals surface area contributed by atoms with Gasteiger partial charge in [0.2, 0.25) is 0 Å². The van der Waals surface area contributed by atoms with E-state index >= 15 is 0 Å². The van der Waals surface area contributed by atoms with Gasteiger partial charge in [0.25, 0.3) is 5.91 Å². The number of nitrogens with one attached hydrogen (secondary N) is 1. The number of carbonyl (C=O) groups excluding carboxylic acids is 1. The second-order valence-corrected chi connectivity index (χ2v) is 5.92. The Labute approximate surface area is 137 Å². The summed E-state index contributed by atoms with van der Waals surface area (Å²) in [6.07, 6.45) is 1.69. The molecule has 0 unspecified atom stereocenters. The van der Waals surface area contributed by atoms with Crippen LogP contribution in [0.5, 0.6) is 0 Å². The first-order valence-corrected chi connectivity index (χ1v) is 7.71. The first kappa shape index (κ1) is 16.5. The predicted octanol–water partition coefficient (Wildman–Crippen LogP) is 1.86. The Balaban J connectivity index is 1.60. The number of hydrogen-bond donors (Lipinski definition) is 1. The Bertz CT molecular complexity index is 722. The summed E-state index contributed by atoms with van der Waals surface area (Å²) in [6.45, 7) is 2.74. The second-order valence-electron chi connectivity index (χ2n) is 5.92. The van der Waals surface area contributed by atoms with Crippen LogP contribution in [0, 0.1) is 12.7 Å². The first-order chi connectivity index (χ1) is 11.5. The number of hydrogen-bond acceptors (Lipinski definition) is 5. The van der Waals surface area contributed by atoms with Crippen LogP contribution in [0.3, 0.4) is 0 Å². The molecule has 3 heterocycles. The van der Waals surface area contributed by atoms with Crippen LogP contribution in [0.2, 0.25) is 0 Å². The maximum Gasteiger partial charge on any atom is 0.254 e. The van der Waals surface area contributed by atoms with Crippen LogP contribution in [0.4, 0.5) is 8.78 Å². The van der Waals surface area contributed by atoms with E-state index in [-0.39, 0.29) is 24.7 Å². The maximum absolute atomic E-state index is 13.8. The average molecular weight is 336 g/mol. The number of aromatic nitrogens is 2. The summed E-state index contributed by atoms with van der Waals surface area (Å²) in [5, 5.41) is 6.48. The molecule has 2 atom stereocenters. The third-order valence-electron chi connectivity index (χ3n) is 4.03. The maximum atomic E-state index is 13.8. The minimum atomic E-state index is -0.964. The van der Waals surface area contributed by atoms with E-state index in [0.717, 1.165) is 11.9 Å². The van der Waals surface area contributed by atoms with Crippen molar-refractivity contribution < 1.29 is 18.1 Å². The van der Waals surface area contributed by atoms with E-state index in [1.807, 2.05) is 11.8 Å². The lowest BCUT2D eigenvalue weighted by Gasteiger charge is -2.23. The number of carbonyl (C=O) groups is 1. The van der Waals surface area contributed by atoms with Crippen molar-refractivity contribution in [1.29, 1.82) is 0 Å². The lowest BCUT2D eigenvalue weighted by molar-refractivity contribution is 0.0934. The number of alkyl halides is 1. The minimum absolute atomic E-state index is 0.0720. The van der Waals surface area contributed by atoms with Crippen molar-refractivity contribution in [2.24, 2.45) is 0 Å². The van der Waals surface area contributed by atoms with Gasteiger partial charge in [-0.3, -0.25) is 14.7 Å². The van der Waals surface area contributed by atoms with Gasteiger partial charge in [-0.1, -0.05) is 5.16 Å². The van der Waals surface area contributed by atoms with Crippen molar-refractivity contribution in [2.75, 3.05) is 13.1 Å². The van der Waals surface area contributed by atoms with Gasteiger partial charge in [0, 0.05) is 31.4 Å². The van der Waals surface area contributed by atoms with Crippen LogP contribution in [0.25, 0.3) is 0 Å². The summed E-state index contributed by atoms with van der Waals surface area (Å²) in [4.78, 5) is 17.6. The summed E-state index contributed by atoms with van der Waals surface area (Å²) in [7, 11) is 0. The van der Waals surface area contributed by atoms with Crippen molar-refractivity contribution >= 4 is 5.91 Å². The monoisotopic (exact) mass is 336 g/mol. The van der Waals surface area contributed by atoms with Crippen molar-refractivity contribution in [3.05, 3.63) is 47.4 Å². The van der Waals surface area contributed by atoms with Crippen LogP contribution in [-0.4, -0.2) is 46.3 Å². The molecule has 0 saturated carbocycles. The Hall–Kier alpha value is -2.35. The smallest absolute Gasteiger partial charge is 0.254 e. The summed E-state index contributed by atoms with van der Waals surface area (Å²) in [5.41, 5.74) is 0.691. The predicted molar refractivity (Wildman–Crippen MR) is 81.5 cm³/mol. The third kappa shape index (κ3) is 3.76. The van der Waals surface area contributed by atoms with Crippen molar-refractivity contribution in [3.63, 3.8) is 0 Å². The first-order valence-electron chi connectivity index (χ1n) is 7.71. The Morgan fingerprint density at radius 3 is 3.08 bits per heavy atom. The van der Waals surface area contributed by atoms with Gasteiger partial charge in [-0.15, -0.1) is 0 Å². The van der Waals surface area contributed by atoms with Crippen LogP contribution >= 0.6 is 0 Å². The zero-order valence-corrected chi connectivity index (χ0v) is 13.2.